The van der Waals surface area contributed by atoms with Gasteiger partial charge in [0.1, 0.15) is 23.2 Å². The van der Waals surface area contributed by atoms with Crippen molar-refractivity contribution in [2.45, 2.75) is 51.7 Å². The second kappa shape index (κ2) is 3.89. The first-order chi connectivity index (χ1) is 8.87. The van der Waals surface area contributed by atoms with E-state index < -0.39 is 6.10 Å². The van der Waals surface area contributed by atoms with E-state index in [1.165, 1.54) is 0 Å². The summed E-state index contributed by atoms with van der Waals surface area (Å²) in [7, 11) is 0. The lowest BCUT2D eigenvalue weighted by molar-refractivity contribution is -0.149. The Morgan fingerprint density at radius 2 is 2.11 bits per heavy atom. The third kappa shape index (κ3) is 1.95. The molecule has 102 valence electrons. The zero-order chi connectivity index (χ0) is 13.8. The molecular formula is C15H18O4. The first-order valence-corrected chi connectivity index (χ1v) is 6.63. The lowest BCUT2D eigenvalue weighted by atomic mass is 9.85. The summed E-state index contributed by atoms with van der Waals surface area (Å²) in [6.45, 7) is 5.85. The molecule has 1 aromatic rings. The van der Waals surface area contributed by atoms with Crippen molar-refractivity contribution in [3.63, 3.8) is 0 Å². The van der Waals surface area contributed by atoms with Gasteiger partial charge in [-0.05, 0) is 44.7 Å². The van der Waals surface area contributed by atoms with Gasteiger partial charge < -0.3 is 14.6 Å². The van der Waals surface area contributed by atoms with Crippen molar-refractivity contribution in [1.82, 2.24) is 0 Å². The van der Waals surface area contributed by atoms with Crippen molar-refractivity contribution < 1.29 is 19.4 Å². The second-order valence-corrected chi connectivity index (χ2v) is 5.94. The Morgan fingerprint density at radius 3 is 2.84 bits per heavy atom. The molecule has 0 aromatic heterocycles. The number of cyclic esters (lactones) is 1. The van der Waals surface area contributed by atoms with Crippen LogP contribution in [0.4, 0.5) is 0 Å². The van der Waals surface area contributed by atoms with Crippen LogP contribution < -0.4 is 4.74 Å². The van der Waals surface area contributed by atoms with Gasteiger partial charge in [0.05, 0.1) is 6.42 Å². The second-order valence-electron chi connectivity index (χ2n) is 5.94. The summed E-state index contributed by atoms with van der Waals surface area (Å²) in [6, 6.07) is 1.66. The molecule has 1 aromatic carbocycles. The first-order valence-electron chi connectivity index (χ1n) is 6.63. The van der Waals surface area contributed by atoms with Crippen molar-refractivity contribution in [2.24, 2.45) is 0 Å². The van der Waals surface area contributed by atoms with Crippen molar-refractivity contribution in [2.75, 3.05) is 0 Å². The maximum Gasteiger partial charge on any atom is 0.310 e. The number of aromatic hydroxyl groups is 1. The predicted molar refractivity (Wildman–Crippen MR) is 69.3 cm³/mol. The Labute approximate surface area is 112 Å². The summed E-state index contributed by atoms with van der Waals surface area (Å²) >= 11 is 0. The number of rotatable bonds is 0. The van der Waals surface area contributed by atoms with Crippen LogP contribution in [0.5, 0.6) is 11.5 Å². The van der Waals surface area contributed by atoms with Gasteiger partial charge in [-0.25, -0.2) is 0 Å². The number of phenolic OH excluding ortho intramolecular Hbond substituents is 1. The standard InChI is InChI=1S/C15H18O4/c1-8-14-10(6-13(17)18-8)9-4-5-15(2,3)19-12(9)7-11(14)16/h7-8,16H,4-6H2,1-3H3. The van der Waals surface area contributed by atoms with Gasteiger partial charge in [-0.3, -0.25) is 4.79 Å². The van der Waals surface area contributed by atoms with E-state index in [2.05, 4.69) is 0 Å². The summed E-state index contributed by atoms with van der Waals surface area (Å²) in [6.07, 6.45) is 1.60. The molecule has 0 aliphatic carbocycles. The molecule has 2 aliphatic heterocycles. The molecule has 0 spiro atoms. The third-order valence-corrected chi connectivity index (χ3v) is 3.93. The zero-order valence-corrected chi connectivity index (χ0v) is 11.4. The minimum Gasteiger partial charge on any atom is -0.507 e. The fourth-order valence-corrected chi connectivity index (χ4v) is 2.99. The number of hydrogen-bond acceptors (Lipinski definition) is 4. The van der Waals surface area contributed by atoms with Crippen LogP contribution in [0.25, 0.3) is 0 Å². The van der Waals surface area contributed by atoms with E-state index in [1.807, 2.05) is 13.8 Å². The van der Waals surface area contributed by atoms with Crippen LogP contribution in [-0.4, -0.2) is 16.7 Å². The molecule has 0 saturated carbocycles. The minimum atomic E-state index is -0.392. The average molecular weight is 262 g/mol. The smallest absolute Gasteiger partial charge is 0.310 e. The predicted octanol–water partition coefficient (Wildman–Crippen LogP) is 2.66. The van der Waals surface area contributed by atoms with Crippen LogP contribution in [0.15, 0.2) is 6.07 Å². The molecule has 4 heteroatoms. The summed E-state index contributed by atoms with van der Waals surface area (Å²) in [5.74, 6) is 0.624. The number of hydrogen-bond donors (Lipinski definition) is 1. The molecule has 0 radical (unpaired) electrons. The molecule has 3 rings (SSSR count). The summed E-state index contributed by atoms with van der Waals surface area (Å²) < 4.78 is 11.1. The fourth-order valence-electron chi connectivity index (χ4n) is 2.99. The number of fused-ring (bicyclic) bond motifs is 3. The Kier molecular flexibility index (Phi) is 2.52. The number of benzene rings is 1. The molecule has 1 unspecified atom stereocenters. The largest absolute Gasteiger partial charge is 0.507 e. The number of carbonyl (C=O) groups excluding carboxylic acids is 1. The van der Waals surface area contributed by atoms with Crippen molar-refractivity contribution >= 4 is 5.97 Å². The van der Waals surface area contributed by atoms with Gasteiger partial charge in [0.15, 0.2) is 0 Å². The Bertz CT molecular complexity index is 560. The van der Waals surface area contributed by atoms with Crippen LogP contribution >= 0.6 is 0 Å². The number of phenols is 1. The summed E-state index contributed by atoms with van der Waals surface area (Å²) in [4.78, 5) is 11.6. The Morgan fingerprint density at radius 1 is 1.37 bits per heavy atom. The highest BCUT2D eigenvalue weighted by Crippen LogP contribution is 2.44. The van der Waals surface area contributed by atoms with E-state index in [-0.39, 0.29) is 23.7 Å². The van der Waals surface area contributed by atoms with Gasteiger partial charge in [-0.1, -0.05) is 0 Å². The highest BCUT2D eigenvalue weighted by atomic mass is 16.5. The normalized spacial score (nSPS) is 23.9. The van der Waals surface area contributed by atoms with E-state index in [0.717, 1.165) is 29.5 Å². The molecular weight excluding hydrogens is 244 g/mol. The van der Waals surface area contributed by atoms with Crippen LogP contribution in [0, 0.1) is 0 Å². The molecule has 0 fully saturated rings. The topological polar surface area (TPSA) is 55.8 Å². The first kappa shape index (κ1) is 12.3. The van der Waals surface area contributed by atoms with Crippen LogP contribution in [0.2, 0.25) is 0 Å². The third-order valence-electron chi connectivity index (χ3n) is 3.93. The van der Waals surface area contributed by atoms with Gasteiger partial charge in [-0.2, -0.15) is 0 Å². The molecule has 0 amide bonds. The van der Waals surface area contributed by atoms with Crippen LogP contribution in [-0.2, 0) is 22.4 Å². The molecule has 2 heterocycles. The highest BCUT2D eigenvalue weighted by Gasteiger charge is 2.34. The van der Waals surface area contributed by atoms with Crippen LogP contribution in [0.3, 0.4) is 0 Å². The SMILES string of the molecule is CC1OC(=O)Cc2c3c(cc(O)c21)OC(C)(C)CC3. The minimum absolute atomic E-state index is 0.159. The highest BCUT2D eigenvalue weighted by molar-refractivity contribution is 5.77. The molecule has 19 heavy (non-hydrogen) atoms. The lowest BCUT2D eigenvalue weighted by Crippen LogP contribution is -2.34. The quantitative estimate of drug-likeness (QED) is 0.730. The van der Waals surface area contributed by atoms with E-state index in [9.17, 15) is 9.90 Å². The van der Waals surface area contributed by atoms with Gasteiger partial charge in [-0.15, -0.1) is 0 Å². The van der Waals surface area contributed by atoms with Gasteiger partial charge in [0.25, 0.3) is 0 Å². The molecule has 0 bridgehead atoms. The van der Waals surface area contributed by atoms with E-state index in [4.69, 9.17) is 9.47 Å². The number of esters is 1. The van der Waals surface area contributed by atoms with E-state index >= 15 is 0 Å². The molecule has 4 nitrogen and oxygen atoms in total. The van der Waals surface area contributed by atoms with Crippen molar-refractivity contribution in [3.05, 3.63) is 22.8 Å². The van der Waals surface area contributed by atoms with Crippen molar-refractivity contribution in [1.29, 1.82) is 0 Å². The van der Waals surface area contributed by atoms with E-state index in [1.54, 1.807) is 13.0 Å². The molecule has 2 aliphatic rings. The lowest BCUT2D eigenvalue weighted by Gasteiger charge is -2.36. The molecule has 0 saturated heterocycles. The van der Waals surface area contributed by atoms with Gasteiger partial charge in [0, 0.05) is 11.6 Å². The van der Waals surface area contributed by atoms with Crippen LogP contribution in [0.1, 0.15) is 50.0 Å². The maximum absolute atomic E-state index is 11.6. The van der Waals surface area contributed by atoms with Gasteiger partial charge in [0.2, 0.25) is 0 Å². The Hall–Kier alpha value is -1.71. The summed E-state index contributed by atoms with van der Waals surface area (Å²) in [5, 5.41) is 10.2. The number of carbonyl (C=O) groups is 1. The summed E-state index contributed by atoms with van der Waals surface area (Å²) in [5.41, 5.74) is 2.46. The van der Waals surface area contributed by atoms with Crippen molar-refractivity contribution in [3.8, 4) is 11.5 Å². The monoisotopic (exact) mass is 262 g/mol. The zero-order valence-electron chi connectivity index (χ0n) is 11.4. The molecule has 1 atom stereocenters. The van der Waals surface area contributed by atoms with Gasteiger partial charge >= 0.3 is 5.97 Å². The maximum atomic E-state index is 11.6. The fraction of sp³-hybridized carbons (Fsp3) is 0.533. The van der Waals surface area contributed by atoms with E-state index in [0.29, 0.717) is 5.75 Å². The molecule has 1 N–H and O–H groups in total. The number of ether oxygens (including phenoxy) is 2. The Balaban J connectivity index is 2.17. The average Bonchev–Trinajstić information content (AvgIpc) is 2.25.